The lowest BCUT2D eigenvalue weighted by Gasteiger charge is -2.23. The van der Waals surface area contributed by atoms with Gasteiger partial charge in [-0.1, -0.05) is 12.1 Å². The Hall–Kier alpha value is -2.68. The number of nitrogens with zero attached hydrogens (tertiary/aromatic N) is 4. The lowest BCUT2D eigenvalue weighted by molar-refractivity contribution is -0.137. The van der Waals surface area contributed by atoms with Crippen LogP contribution in [0, 0.1) is 6.92 Å². The van der Waals surface area contributed by atoms with Crippen LogP contribution in [0.3, 0.4) is 0 Å². The fraction of sp³-hybridized carbons (Fsp3) is 0.389. The van der Waals surface area contributed by atoms with Crippen molar-refractivity contribution in [3.63, 3.8) is 0 Å². The van der Waals surface area contributed by atoms with Crippen molar-refractivity contribution in [2.75, 3.05) is 0 Å². The van der Waals surface area contributed by atoms with Gasteiger partial charge in [0.05, 0.1) is 17.8 Å². The van der Waals surface area contributed by atoms with E-state index in [2.05, 4.69) is 10.1 Å². The number of rotatable bonds is 3. The van der Waals surface area contributed by atoms with Crippen LogP contribution in [0.5, 0.6) is 0 Å². The molecule has 2 aromatic heterocycles. The van der Waals surface area contributed by atoms with E-state index in [1.54, 1.807) is 13.8 Å². The van der Waals surface area contributed by atoms with Gasteiger partial charge in [0.2, 0.25) is 0 Å². The van der Waals surface area contributed by atoms with Crippen LogP contribution in [-0.4, -0.2) is 24.4 Å². The van der Waals surface area contributed by atoms with E-state index in [9.17, 15) is 23.1 Å². The summed E-state index contributed by atoms with van der Waals surface area (Å²) in [5.74, 6) is 0.307. The van der Waals surface area contributed by atoms with E-state index in [0.29, 0.717) is 17.0 Å². The van der Waals surface area contributed by atoms with Gasteiger partial charge < -0.3 is 5.11 Å². The topological polar surface area (TPSA) is 72.9 Å². The molecule has 1 N–H and O–H groups in total. The quantitative estimate of drug-likeness (QED) is 0.757. The van der Waals surface area contributed by atoms with Crippen molar-refractivity contribution < 1.29 is 18.3 Å². The Morgan fingerprint density at radius 2 is 1.74 bits per heavy atom. The molecule has 0 bridgehead atoms. The first-order valence-corrected chi connectivity index (χ1v) is 8.28. The number of aryl methyl sites for hydroxylation is 1. The molecule has 3 aromatic rings. The normalized spacial score (nSPS) is 13.9. The standard InChI is InChI=1S/C18H19F3N4O2/c1-10(12-5-7-13(8-6-12)18(19,20)21)25-15-14(9-22-25)16(26)24(11(2)23-15)17(3,4)27/h5-10,27H,1-4H3. The summed E-state index contributed by atoms with van der Waals surface area (Å²) in [5, 5.41) is 14.6. The Morgan fingerprint density at radius 1 is 1.15 bits per heavy atom. The third kappa shape index (κ3) is 3.34. The Kier molecular flexibility index (Phi) is 4.38. The van der Waals surface area contributed by atoms with Crippen LogP contribution in [0.15, 0.2) is 35.3 Å². The largest absolute Gasteiger partial charge is 0.416 e. The summed E-state index contributed by atoms with van der Waals surface area (Å²) in [7, 11) is 0. The maximum absolute atomic E-state index is 12.7. The molecule has 9 heteroatoms. The van der Waals surface area contributed by atoms with Gasteiger partial charge in [-0.15, -0.1) is 0 Å². The molecule has 1 atom stereocenters. The minimum absolute atomic E-state index is 0.224. The van der Waals surface area contributed by atoms with Gasteiger partial charge in [-0.05, 0) is 45.4 Å². The molecule has 27 heavy (non-hydrogen) atoms. The molecular formula is C18H19F3N4O2. The number of hydrogen-bond donors (Lipinski definition) is 1. The zero-order valence-corrected chi connectivity index (χ0v) is 15.2. The van der Waals surface area contributed by atoms with Crippen molar-refractivity contribution in [1.82, 2.24) is 19.3 Å². The van der Waals surface area contributed by atoms with E-state index in [4.69, 9.17) is 0 Å². The number of benzene rings is 1. The van der Waals surface area contributed by atoms with Crippen LogP contribution in [0.4, 0.5) is 13.2 Å². The van der Waals surface area contributed by atoms with Gasteiger partial charge in [-0.25, -0.2) is 9.67 Å². The molecule has 0 radical (unpaired) electrons. The summed E-state index contributed by atoms with van der Waals surface area (Å²) in [6, 6.07) is 4.35. The summed E-state index contributed by atoms with van der Waals surface area (Å²) >= 11 is 0. The molecule has 0 aliphatic heterocycles. The van der Waals surface area contributed by atoms with Crippen molar-refractivity contribution in [1.29, 1.82) is 0 Å². The van der Waals surface area contributed by atoms with Crippen LogP contribution in [0.2, 0.25) is 0 Å². The summed E-state index contributed by atoms with van der Waals surface area (Å²) in [6.07, 6.45) is -3.05. The van der Waals surface area contributed by atoms with Crippen molar-refractivity contribution in [3.8, 4) is 0 Å². The van der Waals surface area contributed by atoms with E-state index in [0.717, 1.165) is 12.1 Å². The third-order valence-corrected chi connectivity index (χ3v) is 4.43. The van der Waals surface area contributed by atoms with Crippen molar-refractivity contribution >= 4 is 11.0 Å². The monoisotopic (exact) mass is 380 g/mol. The maximum atomic E-state index is 12.7. The second kappa shape index (κ2) is 6.19. The molecule has 0 amide bonds. The molecule has 144 valence electrons. The van der Waals surface area contributed by atoms with Crippen LogP contribution in [0.1, 0.15) is 43.8 Å². The predicted octanol–water partition coefficient (Wildman–Crippen LogP) is 3.21. The second-order valence-electron chi connectivity index (χ2n) is 6.92. The van der Waals surface area contributed by atoms with E-state index < -0.39 is 29.1 Å². The van der Waals surface area contributed by atoms with Crippen LogP contribution >= 0.6 is 0 Å². The first-order chi connectivity index (χ1) is 12.4. The zero-order chi connectivity index (χ0) is 20.1. The molecule has 0 fully saturated rings. The van der Waals surface area contributed by atoms with Gasteiger partial charge in [0.25, 0.3) is 5.56 Å². The molecule has 0 saturated heterocycles. The number of halogens is 3. The summed E-state index contributed by atoms with van der Waals surface area (Å²) in [4.78, 5) is 17.1. The average molecular weight is 380 g/mol. The molecule has 3 rings (SSSR count). The number of alkyl halides is 3. The molecule has 0 aliphatic rings. The lowest BCUT2D eigenvalue weighted by atomic mass is 10.1. The summed E-state index contributed by atoms with van der Waals surface area (Å²) in [5.41, 5.74) is -1.69. The molecule has 6 nitrogen and oxygen atoms in total. The minimum atomic E-state index is -4.40. The first-order valence-electron chi connectivity index (χ1n) is 8.28. The SMILES string of the molecule is Cc1nc2c(cnn2C(C)c2ccc(C(F)(F)F)cc2)c(=O)n1C(C)(C)O. The van der Waals surface area contributed by atoms with Gasteiger partial charge in [-0.3, -0.25) is 9.36 Å². The fourth-order valence-corrected chi connectivity index (χ4v) is 3.11. The molecule has 0 aliphatic carbocycles. The van der Waals surface area contributed by atoms with Gasteiger partial charge in [0, 0.05) is 0 Å². The van der Waals surface area contributed by atoms with Gasteiger partial charge in [0.15, 0.2) is 5.65 Å². The maximum Gasteiger partial charge on any atom is 0.416 e. The third-order valence-electron chi connectivity index (χ3n) is 4.43. The first kappa shape index (κ1) is 19.1. The zero-order valence-electron chi connectivity index (χ0n) is 15.2. The molecular weight excluding hydrogens is 361 g/mol. The molecule has 1 unspecified atom stereocenters. The van der Waals surface area contributed by atoms with Crippen LogP contribution in [0.25, 0.3) is 11.0 Å². The second-order valence-corrected chi connectivity index (χ2v) is 6.92. The summed E-state index contributed by atoms with van der Waals surface area (Å²) in [6.45, 7) is 6.31. The van der Waals surface area contributed by atoms with E-state index >= 15 is 0 Å². The molecule has 0 saturated carbocycles. The van der Waals surface area contributed by atoms with E-state index in [1.807, 2.05) is 0 Å². The highest BCUT2D eigenvalue weighted by atomic mass is 19.4. The van der Waals surface area contributed by atoms with Crippen LogP contribution in [-0.2, 0) is 11.9 Å². The Bertz CT molecular complexity index is 1040. The Morgan fingerprint density at radius 3 is 2.26 bits per heavy atom. The van der Waals surface area contributed by atoms with Crippen molar-refractivity contribution in [3.05, 3.63) is 57.8 Å². The van der Waals surface area contributed by atoms with Gasteiger partial charge in [0.1, 0.15) is 16.9 Å². The van der Waals surface area contributed by atoms with Crippen molar-refractivity contribution in [2.24, 2.45) is 0 Å². The Labute approximate surface area is 152 Å². The highest BCUT2D eigenvalue weighted by molar-refractivity contribution is 5.73. The predicted molar refractivity (Wildman–Crippen MR) is 93.3 cm³/mol. The number of aromatic nitrogens is 4. The number of aliphatic hydroxyl groups is 1. The molecule has 0 spiro atoms. The number of fused-ring (bicyclic) bond motifs is 1. The highest BCUT2D eigenvalue weighted by Crippen LogP contribution is 2.30. The number of hydrogen-bond acceptors (Lipinski definition) is 4. The molecule has 2 heterocycles. The smallest absolute Gasteiger partial charge is 0.371 e. The van der Waals surface area contributed by atoms with E-state index in [1.165, 1.54) is 41.4 Å². The highest BCUT2D eigenvalue weighted by Gasteiger charge is 2.30. The Balaban J connectivity index is 2.09. The average Bonchev–Trinajstić information content (AvgIpc) is 2.96. The van der Waals surface area contributed by atoms with Crippen molar-refractivity contribution in [2.45, 2.75) is 45.6 Å². The van der Waals surface area contributed by atoms with Crippen LogP contribution < -0.4 is 5.56 Å². The molecule has 1 aromatic carbocycles. The van der Waals surface area contributed by atoms with Gasteiger partial charge >= 0.3 is 6.18 Å². The lowest BCUT2D eigenvalue weighted by Crippen LogP contribution is -2.38. The van der Waals surface area contributed by atoms with Gasteiger partial charge in [-0.2, -0.15) is 18.3 Å². The minimum Gasteiger partial charge on any atom is -0.371 e. The fourth-order valence-electron chi connectivity index (χ4n) is 3.11. The summed E-state index contributed by atoms with van der Waals surface area (Å²) < 4.78 is 40.9. The van der Waals surface area contributed by atoms with E-state index in [-0.39, 0.29) is 5.39 Å².